The van der Waals surface area contributed by atoms with Crippen LogP contribution in [0.5, 0.6) is 0 Å². The highest BCUT2D eigenvalue weighted by Crippen LogP contribution is 2.55. The van der Waals surface area contributed by atoms with Gasteiger partial charge in [0.2, 0.25) is 5.12 Å². The molecule has 0 amide bonds. The first-order valence-electron chi connectivity index (χ1n) is 9.72. The molecule has 0 aliphatic carbocycles. The minimum absolute atomic E-state index is 0. The van der Waals surface area contributed by atoms with Gasteiger partial charge in [-0.3, -0.25) is 4.79 Å². The maximum atomic E-state index is 13.2. The van der Waals surface area contributed by atoms with E-state index < -0.39 is 7.26 Å². The van der Waals surface area contributed by atoms with Crippen molar-refractivity contribution in [1.82, 2.24) is 20.6 Å². The first-order chi connectivity index (χ1) is 14.8. The lowest BCUT2D eigenvalue weighted by Gasteiger charge is -2.26. The third kappa shape index (κ3) is 5.48. The second kappa shape index (κ2) is 11.3. The summed E-state index contributed by atoms with van der Waals surface area (Å²) in [4.78, 5) is 13.2. The molecule has 0 aliphatic rings. The van der Waals surface area contributed by atoms with Gasteiger partial charge in [0.05, 0.1) is 0 Å². The predicted molar refractivity (Wildman–Crippen MR) is 125 cm³/mol. The smallest absolute Gasteiger partial charge is 0.227 e. The molecule has 5 nitrogen and oxygen atoms in total. The summed E-state index contributed by atoms with van der Waals surface area (Å²) in [5.41, 5.74) is 0. The monoisotopic (exact) mass is 512 g/mol. The van der Waals surface area contributed by atoms with E-state index in [0.717, 1.165) is 0 Å². The summed E-state index contributed by atoms with van der Waals surface area (Å²) in [6, 6.07) is 31.4. The fraction of sp³-hybridized carbons (Fsp3) is 0.130. The van der Waals surface area contributed by atoms with E-state index in [4.69, 9.17) is 0 Å². The second-order valence-corrected chi connectivity index (χ2v) is 11.4. The molecule has 1 aromatic heterocycles. The van der Waals surface area contributed by atoms with Crippen LogP contribution >= 0.6 is 19.0 Å². The number of carbonyl (C=O) groups is 1. The largest absolute Gasteiger partial charge is 1.00 e. The molecule has 0 fully saturated rings. The number of H-pyrrole nitrogens is 1. The van der Waals surface area contributed by atoms with Gasteiger partial charge >= 0.3 is 0 Å². The maximum absolute atomic E-state index is 13.2. The van der Waals surface area contributed by atoms with E-state index in [1.165, 1.54) is 27.7 Å². The zero-order chi connectivity index (χ0) is 20.7. The minimum atomic E-state index is -2.13. The highest BCUT2D eigenvalue weighted by Gasteiger charge is 2.47. The molecule has 1 heterocycles. The van der Waals surface area contributed by atoms with Crippen molar-refractivity contribution in [2.24, 2.45) is 0 Å². The summed E-state index contributed by atoms with van der Waals surface area (Å²) in [6.07, 6.45) is 1.09. The zero-order valence-corrected chi connectivity index (χ0v) is 20.1. The van der Waals surface area contributed by atoms with Crippen LogP contribution in [-0.4, -0.2) is 37.7 Å². The Morgan fingerprint density at radius 2 is 1.29 bits per heavy atom. The summed E-state index contributed by atoms with van der Waals surface area (Å²) >= 11 is 1.35. The fourth-order valence-electron chi connectivity index (χ4n) is 3.55. The van der Waals surface area contributed by atoms with Crippen LogP contribution in [0.1, 0.15) is 5.82 Å². The molecule has 3 aromatic carbocycles. The summed E-state index contributed by atoms with van der Waals surface area (Å²) in [5.74, 6) is 1.27. The molecule has 0 bridgehead atoms. The van der Waals surface area contributed by atoms with Crippen LogP contribution in [0.15, 0.2) is 91.0 Å². The number of nitrogens with one attached hydrogen (secondary N) is 1. The van der Waals surface area contributed by atoms with E-state index in [-0.39, 0.29) is 22.1 Å². The Hall–Kier alpha value is -2.34. The second-order valence-electron chi connectivity index (χ2n) is 6.77. The van der Waals surface area contributed by atoms with Crippen LogP contribution in [0, 0.1) is 0 Å². The number of benzene rings is 3. The Morgan fingerprint density at radius 1 is 0.806 bits per heavy atom. The van der Waals surface area contributed by atoms with Gasteiger partial charge in [-0.25, -0.2) is 0 Å². The van der Waals surface area contributed by atoms with E-state index in [2.05, 4.69) is 93.4 Å². The number of carbonyl (C=O) groups excluding carboxylic acids is 1. The number of hydrogen-bond donors (Lipinski definition) is 1. The molecule has 8 heteroatoms. The van der Waals surface area contributed by atoms with Gasteiger partial charge in [-0.15, -0.1) is 10.2 Å². The van der Waals surface area contributed by atoms with Crippen molar-refractivity contribution in [3.63, 3.8) is 0 Å². The molecule has 0 radical (unpaired) electrons. The number of tetrazole rings is 1. The van der Waals surface area contributed by atoms with Crippen LogP contribution in [0.2, 0.25) is 0 Å². The van der Waals surface area contributed by atoms with Gasteiger partial charge in [-0.2, -0.15) is 5.21 Å². The van der Waals surface area contributed by atoms with Crippen molar-refractivity contribution in [3.8, 4) is 0 Å². The highest BCUT2D eigenvalue weighted by atomic mass is 79.9. The SMILES string of the molecule is O=C(C[P+](c1ccccc1)(c1ccccc1)c1ccccc1)SCCc1nn[nH]n1.[Br-]. The molecular weight excluding hydrogens is 491 g/mol. The van der Waals surface area contributed by atoms with Gasteiger partial charge in [0.1, 0.15) is 29.3 Å². The third-order valence-corrected chi connectivity index (χ3v) is 10.3. The number of halogens is 1. The normalized spacial score (nSPS) is 11.0. The van der Waals surface area contributed by atoms with Gasteiger partial charge in [0, 0.05) is 12.2 Å². The lowest BCUT2D eigenvalue weighted by molar-refractivity contribution is -0.108. The maximum Gasteiger partial charge on any atom is 0.227 e. The standard InChI is InChI=1S/C23H22N4OPS.BrH/c28-23(30-17-16-22-24-26-27-25-22)18-29(19-10-4-1-5-11-19,20-12-6-2-7-13-20)21-14-8-3-9-15-21;/h1-15H,16-18H2,(H,24,25,26,27);1H/q+1;/p-1. The van der Waals surface area contributed by atoms with Crippen LogP contribution in [-0.2, 0) is 11.2 Å². The van der Waals surface area contributed by atoms with Crippen molar-refractivity contribution in [2.45, 2.75) is 6.42 Å². The Bertz CT molecular complexity index is 970. The Labute approximate surface area is 197 Å². The Kier molecular flexibility index (Phi) is 8.52. The third-order valence-electron chi connectivity index (χ3n) is 4.94. The van der Waals surface area contributed by atoms with Crippen molar-refractivity contribution >= 4 is 40.1 Å². The van der Waals surface area contributed by atoms with Gasteiger partial charge in [-0.1, -0.05) is 71.6 Å². The van der Waals surface area contributed by atoms with Gasteiger partial charge in [0.25, 0.3) is 0 Å². The number of hydrogen-bond acceptors (Lipinski definition) is 5. The lowest BCUT2D eigenvalue weighted by atomic mass is 10.4. The molecule has 0 saturated heterocycles. The van der Waals surface area contributed by atoms with Crippen LogP contribution in [0.3, 0.4) is 0 Å². The molecule has 158 valence electrons. The number of aromatic nitrogens is 4. The fourth-order valence-corrected chi connectivity index (χ4v) is 8.88. The molecule has 31 heavy (non-hydrogen) atoms. The van der Waals surface area contributed by atoms with Crippen LogP contribution < -0.4 is 32.9 Å². The molecule has 0 aliphatic heterocycles. The Morgan fingerprint density at radius 3 is 1.71 bits per heavy atom. The minimum Gasteiger partial charge on any atom is -1.00 e. The molecule has 1 N–H and O–H groups in total. The summed E-state index contributed by atoms with van der Waals surface area (Å²) in [6.45, 7) is 0. The quantitative estimate of drug-likeness (QED) is 0.336. The molecular formula is C23H22BrN4OPS. The van der Waals surface area contributed by atoms with E-state index >= 15 is 0 Å². The average Bonchev–Trinajstić information content (AvgIpc) is 3.33. The van der Waals surface area contributed by atoms with Gasteiger partial charge < -0.3 is 17.0 Å². The summed E-state index contributed by atoms with van der Waals surface area (Å²) < 4.78 is 0. The van der Waals surface area contributed by atoms with E-state index in [0.29, 0.717) is 24.2 Å². The number of thioether (sulfide) groups is 1. The van der Waals surface area contributed by atoms with Gasteiger partial charge in [0.15, 0.2) is 5.82 Å². The van der Waals surface area contributed by atoms with Crippen LogP contribution in [0.25, 0.3) is 0 Å². The zero-order valence-electron chi connectivity index (χ0n) is 16.8. The highest BCUT2D eigenvalue weighted by molar-refractivity contribution is 8.15. The van der Waals surface area contributed by atoms with Crippen LogP contribution in [0.4, 0.5) is 0 Å². The number of nitrogens with zero attached hydrogens (tertiary/aromatic N) is 3. The van der Waals surface area contributed by atoms with E-state index in [1.54, 1.807) is 0 Å². The molecule has 0 unspecified atom stereocenters. The lowest BCUT2D eigenvalue weighted by Crippen LogP contribution is -3.00. The summed E-state index contributed by atoms with van der Waals surface area (Å²) in [7, 11) is -2.13. The van der Waals surface area contributed by atoms with Crippen molar-refractivity contribution in [1.29, 1.82) is 0 Å². The molecule has 4 aromatic rings. The average molecular weight is 513 g/mol. The van der Waals surface area contributed by atoms with Crippen molar-refractivity contribution < 1.29 is 21.8 Å². The molecule has 0 saturated carbocycles. The van der Waals surface area contributed by atoms with Gasteiger partial charge in [-0.05, 0) is 36.4 Å². The van der Waals surface area contributed by atoms with Crippen molar-refractivity contribution in [3.05, 3.63) is 96.8 Å². The van der Waals surface area contributed by atoms with Crippen molar-refractivity contribution in [2.75, 3.05) is 11.9 Å². The predicted octanol–water partition coefficient (Wildman–Crippen LogP) is 0.000100. The molecule has 0 spiro atoms. The first-order valence-corrected chi connectivity index (χ1v) is 12.7. The Balaban J connectivity index is 0.00000272. The number of aryl methyl sites for hydroxylation is 1. The number of aromatic amines is 1. The molecule has 4 rings (SSSR count). The van der Waals surface area contributed by atoms with E-state index in [9.17, 15) is 4.79 Å². The topological polar surface area (TPSA) is 71.5 Å². The molecule has 0 atom stereocenters. The summed E-state index contributed by atoms with van der Waals surface area (Å²) in [5, 5.41) is 17.8. The van der Waals surface area contributed by atoms with E-state index in [1.807, 2.05) is 18.2 Å². The number of rotatable bonds is 8. The first kappa shape index (κ1) is 23.3.